The number of rotatable bonds is 9. The SMILES string of the molecule is CCCNCCNC(=O)Cn1c(=O)ccn(Cc2ccccc2)c1=O. The Balaban J connectivity index is 2.03. The Hall–Kier alpha value is -2.67. The van der Waals surface area contributed by atoms with Gasteiger partial charge in [0.2, 0.25) is 5.91 Å². The molecule has 7 nitrogen and oxygen atoms in total. The Kier molecular flexibility index (Phi) is 7.16. The van der Waals surface area contributed by atoms with Crippen molar-refractivity contribution in [1.29, 1.82) is 0 Å². The molecule has 2 N–H and O–H groups in total. The fourth-order valence-corrected chi connectivity index (χ4v) is 2.39. The number of nitrogens with one attached hydrogen (secondary N) is 2. The normalized spacial score (nSPS) is 10.6. The van der Waals surface area contributed by atoms with E-state index in [0.717, 1.165) is 23.1 Å². The van der Waals surface area contributed by atoms with E-state index in [2.05, 4.69) is 17.6 Å². The van der Waals surface area contributed by atoms with E-state index in [1.807, 2.05) is 30.3 Å². The van der Waals surface area contributed by atoms with Crippen molar-refractivity contribution in [3.63, 3.8) is 0 Å². The smallest absolute Gasteiger partial charge is 0.331 e. The lowest BCUT2D eigenvalue weighted by Crippen LogP contribution is -2.44. The van der Waals surface area contributed by atoms with Crippen molar-refractivity contribution in [1.82, 2.24) is 19.8 Å². The van der Waals surface area contributed by atoms with Gasteiger partial charge < -0.3 is 10.6 Å². The van der Waals surface area contributed by atoms with Crippen molar-refractivity contribution in [2.75, 3.05) is 19.6 Å². The van der Waals surface area contributed by atoms with Gasteiger partial charge in [-0.25, -0.2) is 4.79 Å². The van der Waals surface area contributed by atoms with Crippen LogP contribution in [0.15, 0.2) is 52.2 Å². The molecule has 134 valence electrons. The minimum atomic E-state index is -0.490. The Morgan fingerprint density at radius 1 is 1.04 bits per heavy atom. The summed E-state index contributed by atoms with van der Waals surface area (Å²) in [6.45, 7) is 4.13. The van der Waals surface area contributed by atoms with E-state index < -0.39 is 11.2 Å². The maximum absolute atomic E-state index is 12.5. The van der Waals surface area contributed by atoms with E-state index in [4.69, 9.17) is 0 Å². The predicted molar refractivity (Wildman–Crippen MR) is 96.7 cm³/mol. The fraction of sp³-hybridized carbons (Fsp3) is 0.389. The fourth-order valence-electron chi connectivity index (χ4n) is 2.39. The lowest BCUT2D eigenvalue weighted by Gasteiger charge is -2.10. The molecule has 2 rings (SSSR count). The average Bonchev–Trinajstić information content (AvgIpc) is 2.62. The van der Waals surface area contributed by atoms with E-state index in [-0.39, 0.29) is 12.5 Å². The summed E-state index contributed by atoms with van der Waals surface area (Å²) in [5.41, 5.74) is -0.0228. The Morgan fingerprint density at radius 2 is 1.80 bits per heavy atom. The molecule has 0 saturated carbocycles. The van der Waals surface area contributed by atoms with Gasteiger partial charge in [-0.2, -0.15) is 0 Å². The largest absolute Gasteiger partial charge is 0.353 e. The van der Waals surface area contributed by atoms with E-state index in [0.29, 0.717) is 19.6 Å². The molecule has 0 fully saturated rings. The second kappa shape index (κ2) is 9.58. The standard InChI is InChI=1S/C18H24N4O3/c1-2-9-19-10-11-20-16(23)14-22-17(24)8-12-21(18(22)25)13-15-6-4-3-5-7-15/h3-8,12,19H,2,9-11,13-14H2,1H3,(H,20,23). The third kappa shape index (κ3) is 5.72. The molecule has 0 bridgehead atoms. The van der Waals surface area contributed by atoms with Crippen molar-refractivity contribution in [2.45, 2.75) is 26.4 Å². The number of carbonyl (C=O) groups excluding carboxylic acids is 1. The maximum Gasteiger partial charge on any atom is 0.331 e. The van der Waals surface area contributed by atoms with Gasteiger partial charge in [-0.1, -0.05) is 37.3 Å². The summed E-state index contributed by atoms with van der Waals surface area (Å²) in [7, 11) is 0. The summed E-state index contributed by atoms with van der Waals surface area (Å²) < 4.78 is 2.38. The Bertz CT molecular complexity index is 796. The van der Waals surface area contributed by atoms with Crippen molar-refractivity contribution in [2.24, 2.45) is 0 Å². The van der Waals surface area contributed by atoms with Gasteiger partial charge in [-0.05, 0) is 18.5 Å². The molecule has 0 unspecified atom stereocenters. The number of amides is 1. The number of aromatic nitrogens is 2. The number of carbonyl (C=O) groups is 1. The van der Waals surface area contributed by atoms with Crippen LogP contribution >= 0.6 is 0 Å². The first-order chi connectivity index (χ1) is 12.1. The number of nitrogens with zero attached hydrogens (tertiary/aromatic N) is 2. The molecule has 0 aliphatic rings. The van der Waals surface area contributed by atoms with Crippen molar-refractivity contribution in [3.8, 4) is 0 Å². The summed E-state index contributed by atoms with van der Waals surface area (Å²) in [6, 6.07) is 10.8. The van der Waals surface area contributed by atoms with Gasteiger partial charge in [0.1, 0.15) is 6.54 Å². The van der Waals surface area contributed by atoms with Crippen LogP contribution < -0.4 is 21.9 Å². The molecule has 0 atom stereocenters. The molecule has 1 amide bonds. The molecule has 0 saturated heterocycles. The van der Waals surface area contributed by atoms with Gasteiger partial charge in [-0.3, -0.25) is 18.7 Å². The monoisotopic (exact) mass is 344 g/mol. The summed E-state index contributed by atoms with van der Waals surface area (Å²) in [5.74, 6) is -0.352. The first kappa shape index (κ1) is 18.7. The molecule has 0 aliphatic heterocycles. The first-order valence-electron chi connectivity index (χ1n) is 8.43. The second-order valence-corrected chi connectivity index (χ2v) is 5.74. The van der Waals surface area contributed by atoms with Gasteiger partial charge >= 0.3 is 5.69 Å². The zero-order valence-electron chi connectivity index (χ0n) is 14.4. The summed E-state index contributed by atoms with van der Waals surface area (Å²) in [4.78, 5) is 36.4. The molecular formula is C18H24N4O3. The summed E-state index contributed by atoms with van der Waals surface area (Å²) >= 11 is 0. The highest BCUT2D eigenvalue weighted by Gasteiger charge is 2.10. The maximum atomic E-state index is 12.5. The lowest BCUT2D eigenvalue weighted by molar-refractivity contribution is -0.121. The molecule has 25 heavy (non-hydrogen) atoms. The van der Waals surface area contributed by atoms with Crippen LogP contribution in [-0.2, 0) is 17.9 Å². The molecule has 0 spiro atoms. The molecule has 0 aliphatic carbocycles. The van der Waals surface area contributed by atoms with Crippen LogP contribution in [0.3, 0.4) is 0 Å². The third-order valence-electron chi connectivity index (χ3n) is 3.69. The summed E-state index contributed by atoms with van der Waals surface area (Å²) in [5, 5.41) is 5.87. The van der Waals surface area contributed by atoms with Crippen LogP contribution in [0, 0.1) is 0 Å². The van der Waals surface area contributed by atoms with Gasteiger partial charge in [0.25, 0.3) is 5.56 Å². The minimum absolute atomic E-state index is 0.277. The lowest BCUT2D eigenvalue weighted by atomic mass is 10.2. The molecular weight excluding hydrogens is 320 g/mol. The third-order valence-corrected chi connectivity index (χ3v) is 3.69. The van der Waals surface area contributed by atoms with Gasteiger partial charge in [-0.15, -0.1) is 0 Å². The van der Waals surface area contributed by atoms with Crippen LogP contribution in [-0.4, -0.2) is 34.7 Å². The molecule has 1 aromatic carbocycles. The van der Waals surface area contributed by atoms with E-state index in [9.17, 15) is 14.4 Å². The van der Waals surface area contributed by atoms with Crippen LogP contribution in [0.25, 0.3) is 0 Å². The Morgan fingerprint density at radius 3 is 2.52 bits per heavy atom. The van der Waals surface area contributed by atoms with Gasteiger partial charge in [0.05, 0.1) is 6.54 Å². The topological polar surface area (TPSA) is 85.1 Å². The van der Waals surface area contributed by atoms with Crippen LogP contribution in [0.2, 0.25) is 0 Å². The first-order valence-corrected chi connectivity index (χ1v) is 8.43. The zero-order valence-corrected chi connectivity index (χ0v) is 14.4. The molecule has 2 aromatic rings. The number of benzene rings is 1. The predicted octanol–water partition coefficient (Wildman–Crippen LogP) is 0.174. The van der Waals surface area contributed by atoms with Gasteiger partial charge in [0, 0.05) is 25.4 Å². The molecule has 1 aromatic heterocycles. The van der Waals surface area contributed by atoms with E-state index in [1.54, 1.807) is 0 Å². The zero-order chi connectivity index (χ0) is 18.1. The van der Waals surface area contributed by atoms with Crippen LogP contribution in [0.5, 0.6) is 0 Å². The number of hydrogen-bond donors (Lipinski definition) is 2. The van der Waals surface area contributed by atoms with Crippen molar-refractivity contribution < 1.29 is 4.79 Å². The van der Waals surface area contributed by atoms with Crippen LogP contribution in [0.4, 0.5) is 0 Å². The second-order valence-electron chi connectivity index (χ2n) is 5.74. The average molecular weight is 344 g/mol. The van der Waals surface area contributed by atoms with Gasteiger partial charge in [0.15, 0.2) is 0 Å². The van der Waals surface area contributed by atoms with E-state index >= 15 is 0 Å². The van der Waals surface area contributed by atoms with Crippen molar-refractivity contribution in [3.05, 3.63) is 69.0 Å². The summed E-state index contributed by atoms with van der Waals surface area (Å²) in [6.07, 6.45) is 2.48. The highest BCUT2D eigenvalue weighted by atomic mass is 16.2. The van der Waals surface area contributed by atoms with Crippen molar-refractivity contribution >= 4 is 5.91 Å². The Labute approximate surface area is 146 Å². The minimum Gasteiger partial charge on any atom is -0.353 e. The highest BCUT2D eigenvalue weighted by Crippen LogP contribution is 1.99. The molecule has 1 heterocycles. The molecule has 7 heteroatoms. The molecule has 0 radical (unpaired) electrons. The van der Waals surface area contributed by atoms with E-state index in [1.165, 1.54) is 16.8 Å². The quantitative estimate of drug-likeness (QED) is 0.635. The highest BCUT2D eigenvalue weighted by molar-refractivity contribution is 5.75. The van der Waals surface area contributed by atoms with Crippen LogP contribution in [0.1, 0.15) is 18.9 Å². The number of hydrogen-bond acceptors (Lipinski definition) is 4.